The van der Waals surface area contributed by atoms with Gasteiger partial charge in [-0.2, -0.15) is 0 Å². The zero-order valence-electron chi connectivity index (χ0n) is 14.3. The zero-order chi connectivity index (χ0) is 16.1. The molecule has 0 saturated heterocycles. The van der Waals surface area contributed by atoms with Crippen LogP contribution in [0.15, 0.2) is 18.3 Å². The van der Waals surface area contributed by atoms with Crippen LogP contribution in [0, 0.1) is 10.8 Å². The van der Waals surface area contributed by atoms with E-state index in [4.69, 9.17) is 4.74 Å². The number of nitrogens with zero attached hydrogens (tertiary/aromatic N) is 1. The van der Waals surface area contributed by atoms with Crippen molar-refractivity contribution in [2.45, 2.75) is 60.8 Å². The van der Waals surface area contributed by atoms with Crippen LogP contribution in [0.1, 0.15) is 71.3 Å². The minimum Gasteiger partial charge on any atom is -0.492 e. The van der Waals surface area contributed by atoms with Gasteiger partial charge in [-0.1, -0.05) is 41.5 Å². The molecule has 0 saturated carbocycles. The van der Waals surface area contributed by atoms with Crippen molar-refractivity contribution in [2.24, 2.45) is 10.8 Å². The Bertz CT molecular complexity index is 450. The molecule has 3 nitrogen and oxygen atoms in total. The van der Waals surface area contributed by atoms with Crippen molar-refractivity contribution in [3.8, 4) is 5.75 Å². The molecular weight excluding hydrogens is 262 g/mol. The number of unbranched alkanes of at least 4 members (excludes halogenated alkanes) is 1. The fraction of sp³-hybridized carbons (Fsp3) is 0.667. The predicted molar refractivity (Wildman–Crippen MR) is 86.8 cm³/mol. The van der Waals surface area contributed by atoms with Crippen molar-refractivity contribution in [1.29, 1.82) is 0 Å². The van der Waals surface area contributed by atoms with Gasteiger partial charge in [0.2, 0.25) is 0 Å². The first-order valence-corrected chi connectivity index (χ1v) is 7.73. The van der Waals surface area contributed by atoms with Crippen molar-refractivity contribution in [1.82, 2.24) is 4.98 Å². The number of hydrogen-bond donors (Lipinski definition) is 0. The van der Waals surface area contributed by atoms with Crippen LogP contribution in [-0.2, 0) is 0 Å². The highest BCUT2D eigenvalue weighted by Crippen LogP contribution is 2.22. The SMILES string of the molecule is CC(C)(C)CCCCOc1ccc(C(=O)C(C)(C)C)nc1. The van der Waals surface area contributed by atoms with E-state index < -0.39 is 5.41 Å². The van der Waals surface area contributed by atoms with Gasteiger partial charge in [0.05, 0.1) is 12.8 Å². The van der Waals surface area contributed by atoms with E-state index in [0.29, 0.717) is 17.7 Å². The molecule has 1 aromatic rings. The van der Waals surface area contributed by atoms with Crippen LogP contribution in [0.25, 0.3) is 0 Å². The van der Waals surface area contributed by atoms with Gasteiger partial charge in [-0.3, -0.25) is 4.79 Å². The lowest BCUT2D eigenvalue weighted by molar-refractivity contribution is 0.0853. The highest BCUT2D eigenvalue weighted by Gasteiger charge is 2.23. The Labute approximate surface area is 129 Å². The number of carbonyl (C=O) groups is 1. The molecule has 0 unspecified atom stereocenters. The van der Waals surface area contributed by atoms with Crippen LogP contribution in [-0.4, -0.2) is 17.4 Å². The van der Waals surface area contributed by atoms with E-state index in [0.717, 1.165) is 18.6 Å². The van der Waals surface area contributed by atoms with Gasteiger partial charge in [-0.15, -0.1) is 0 Å². The Hall–Kier alpha value is -1.38. The van der Waals surface area contributed by atoms with Gasteiger partial charge in [0.15, 0.2) is 5.78 Å². The number of pyridine rings is 1. The minimum atomic E-state index is -0.400. The number of aromatic nitrogens is 1. The molecule has 1 rings (SSSR count). The van der Waals surface area contributed by atoms with Gasteiger partial charge in [0, 0.05) is 5.41 Å². The van der Waals surface area contributed by atoms with E-state index in [1.54, 1.807) is 12.3 Å². The summed E-state index contributed by atoms with van der Waals surface area (Å²) in [4.78, 5) is 16.3. The Kier molecular flexibility index (Phi) is 5.94. The predicted octanol–water partition coefficient (Wildman–Crippen LogP) is 4.91. The maximum Gasteiger partial charge on any atom is 0.186 e. The smallest absolute Gasteiger partial charge is 0.186 e. The van der Waals surface area contributed by atoms with E-state index in [9.17, 15) is 4.79 Å². The Balaban J connectivity index is 2.40. The number of hydrogen-bond acceptors (Lipinski definition) is 3. The molecule has 1 aromatic heterocycles. The molecule has 0 aliphatic heterocycles. The number of Topliss-reactive ketones (excluding diaryl/α,β-unsaturated/α-hetero) is 1. The first-order chi connectivity index (χ1) is 9.59. The summed E-state index contributed by atoms with van der Waals surface area (Å²) < 4.78 is 5.67. The summed E-state index contributed by atoms with van der Waals surface area (Å²) in [6, 6.07) is 3.58. The summed E-state index contributed by atoms with van der Waals surface area (Å²) >= 11 is 0. The third-order valence-corrected chi connectivity index (χ3v) is 3.24. The Morgan fingerprint density at radius 3 is 2.24 bits per heavy atom. The van der Waals surface area contributed by atoms with E-state index in [1.807, 2.05) is 26.8 Å². The van der Waals surface area contributed by atoms with Gasteiger partial charge >= 0.3 is 0 Å². The van der Waals surface area contributed by atoms with Crippen LogP contribution < -0.4 is 4.74 Å². The topological polar surface area (TPSA) is 39.2 Å². The molecule has 3 heteroatoms. The van der Waals surface area contributed by atoms with Gasteiger partial charge in [0.25, 0.3) is 0 Å². The zero-order valence-corrected chi connectivity index (χ0v) is 14.3. The highest BCUT2D eigenvalue weighted by molar-refractivity contribution is 5.98. The third kappa shape index (κ3) is 6.74. The summed E-state index contributed by atoms with van der Waals surface area (Å²) in [6.07, 6.45) is 5.05. The minimum absolute atomic E-state index is 0.0548. The average molecular weight is 291 g/mol. The second kappa shape index (κ2) is 7.06. The molecule has 0 aromatic carbocycles. The normalized spacial score (nSPS) is 12.3. The molecule has 0 aliphatic rings. The summed E-state index contributed by atoms with van der Waals surface area (Å²) in [5, 5.41) is 0. The summed E-state index contributed by atoms with van der Waals surface area (Å²) in [5.41, 5.74) is 0.487. The molecule has 0 aliphatic carbocycles. The van der Waals surface area contributed by atoms with E-state index >= 15 is 0 Å². The van der Waals surface area contributed by atoms with E-state index in [-0.39, 0.29) is 5.78 Å². The molecule has 1 heterocycles. The summed E-state index contributed by atoms with van der Waals surface area (Å²) in [5.74, 6) is 0.787. The average Bonchev–Trinajstić information content (AvgIpc) is 2.36. The fourth-order valence-electron chi connectivity index (χ4n) is 1.93. The molecule has 21 heavy (non-hydrogen) atoms. The second-order valence-corrected chi connectivity index (χ2v) is 7.82. The quantitative estimate of drug-likeness (QED) is 0.552. The standard InChI is InChI=1S/C18H29NO2/c1-17(2,3)11-7-8-12-21-14-9-10-15(19-13-14)16(20)18(4,5)6/h9-10,13H,7-8,11-12H2,1-6H3. The van der Waals surface area contributed by atoms with Crippen LogP contribution in [0.2, 0.25) is 0 Å². The fourth-order valence-corrected chi connectivity index (χ4v) is 1.93. The lowest BCUT2D eigenvalue weighted by Gasteiger charge is -2.17. The van der Waals surface area contributed by atoms with Crippen molar-refractivity contribution in [2.75, 3.05) is 6.61 Å². The maximum atomic E-state index is 12.1. The van der Waals surface area contributed by atoms with Gasteiger partial charge in [0.1, 0.15) is 11.4 Å². The highest BCUT2D eigenvalue weighted by atomic mass is 16.5. The van der Waals surface area contributed by atoms with Crippen molar-refractivity contribution >= 4 is 5.78 Å². The molecule has 0 amide bonds. The van der Waals surface area contributed by atoms with Crippen molar-refractivity contribution in [3.63, 3.8) is 0 Å². The van der Waals surface area contributed by atoms with Crippen LogP contribution in [0.4, 0.5) is 0 Å². The Morgan fingerprint density at radius 1 is 1.10 bits per heavy atom. The largest absolute Gasteiger partial charge is 0.492 e. The van der Waals surface area contributed by atoms with E-state index in [2.05, 4.69) is 25.8 Å². The molecule has 0 N–H and O–H groups in total. The van der Waals surface area contributed by atoms with Crippen LogP contribution >= 0.6 is 0 Å². The molecule has 0 fully saturated rings. The number of carbonyl (C=O) groups excluding carboxylic acids is 1. The lowest BCUT2D eigenvalue weighted by atomic mass is 9.89. The first-order valence-electron chi connectivity index (χ1n) is 7.73. The molecule has 118 valence electrons. The molecule has 0 radical (unpaired) electrons. The molecule has 0 atom stereocenters. The Morgan fingerprint density at radius 2 is 1.76 bits per heavy atom. The van der Waals surface area contributed by atoms with Crippen molar-refractivity contribution in [3.05, 3.63) is 24.0 Å². The number of ether oxygens (including phenoxy) is 1. The lowest BCUT2D eigenvalue weighted by Crippen LogP contribution is -2.21. The van der Waals surface area contributed by atoms with Gasteiger partial charge in [-0.25, -0.2) is 4.98 Å². The van der Waals surface area contributed by atoms with Gasteiger partial charge in [-0.05, 0) is 36.8 Å². The molecule has 0 spiro atoms. The first kappa shape index (κ1) is 17.7. The van der Waals surface area contributed by atoms with Crippen LogP contribution in [0.5, 0.6) is 5.75 Å². The van der Waals surface area contributed by atoms with E-state index in [1.165, 1.54) is 6.42 Å². The maximum absolute atomic E-state index is 12.1. The third-order valence-electron chi connectivity index (χ3n) is 3.24. The van der Waals surface area contributed by atoms with Crippen LogP contribution in [0.3, 0.4) is 0 Å². The van der Waals surface area contributed by atoms with Crippen molar-refractivity contribution < 1.29 is 9.53 Å². The molecule has 0 bridgehead atoms. The monoisotopic (exact) mass is 291 g/mol. The number of ketones is 1. The summed E-state index contributed by atoms with van der Waals surface area (Å²) in [7, 11) is 0. The molecular formula is C18H29NO2. The number of rotatable bonds is 6. The summed E-state index contributed by atoms with van der Waals surface area (Å²) in [6.45, 7) is 13.2. The second-order valence-electron chi connectivity index (χ2n) is 7.82. The van der Waals surface area contributed by atoms with Gasteiger partial charge < -0.3 is 4.74 Å².